The molecule has 0 aliphatic carbocycles. The highest BCUT2D eigenvalue weighted by Crippen LogP contribution is 2.24. The maximum Gasteiger partial charge on any atom is 0.251 e. The fourth-order valence-corrected chi connectivity index (χ4v) is 3.53. The third kappa shape index (κ3) is 5.44. The molecule has 0 saturated heterocycles. The third-order valence-corrected chi connectivity index (χ3v) is 5.42. The van der Waals surface area contributed by atoms with Crippen molar-refractivity contribution in [3.63, 3.8) is 0 Å². The van der Waals surface area contributed by atoms with Crippen LogP contribution >= 0.6 is 11.8 Å². The molecule has 0 aliphatic rings. The van der Waals surface area contributed by atoms with E-state index in [4.69, 9.17) is 0 Å². The van der Waals surface area contributed by atoms with E-state index in [0.717, 1.165) is 0 Å². The van der Waals surface area contributed by atoms with E-state index in [0.29, 0.717) is 22.4 Å². The third-order valence-electron chi connectivity index (χ3n) is 4.40. The molecule has 2 amide bonds. The van der Waals surface area contributed by atoms with Crippen molar-refractivity contribution in [1.82, 2.24) is 25.1 Å². The van der Waals surface area contributed by atoms with Gasteiger partial charge in [-0.1, -0.05) is 49.9 Å². The van der Waals surface area contributed by atoms with E-state index in [9.17, 15) is 9.59 Å². The number of hydrogen-bond acceptors (Lipinski definition) is 6. The zero-order chi connectivity index (χ0) is 21.5. The van der Waals surface area contributed by atoms with Crippen LogP contribution in [0.3, 0.4) is 0 Å². The molecular weight excluding hydrogens is 400 g/mol. The van der Waals surface area contributed by atoms with Crippen molar-refractivity contribution in [2.75, 3.05) is 11.1 Å². The molecule has 3 aromatic rings. The minimum atomic E-state index is -0.313. The lowest BCUT2D eigenvalue weighted by Crippen LogP contribution is -2.33. The van der Waals surface area contributed by atoms with Crippen molar-refractivity contribution < 1.29 is 9.59 Å². The van der Waals surface area contributed by atoms with Crippen molar-refractivity contribution in [2.45, 2.75) is 25.0 Å². The molecule has 2 heterocycles. The quantitative estimate of drug-likeness (QED) is 0.539. The number of aromatic nitrogens is 4. The van der Waals surface area contributed by atoms with E-state index in [2.05, 4.69) is 25.8 Å². The van der Waals surface area contributed by atoms with Gasteiger partial charge < -0.3 is 15.2 Å². The highest BCUT2D eigenvalue weighted by Gasteiger charge is 2.25. The average Bonchev–Trinajstić information content (AvgIpc) is 3.11. The number of amides is 2. The van der Waals surface area contributed by atoms with Crippen LogP contribution < -0.4 is 10.6 Å². The van der Waals surface area contributed by atoms with Crippen LogP contribution in [0.4, 0.5) is 5.82 Å². The topological polar surface area (TPSA) is 102 Å². The molecule has 30 heavy (non-hydrogen) atoms. The summed E-state index contributed by atoms with van der Waals surface area (Å²) in [6, 6.07) is 14.1. The second-order valence-corrected chi connectivity index (χ2v) is 7.96. The molecule has 9 heteroatoms. The number of hydrogen-bond donors (Lipinski definition) is 2. The van der Waals surface area contributed by atoms with Crippen molar-refractivity contribution in [1.29, 1.82) is 0 Å². The van der Waals surface area contributed by atoms with Crippen molar-refractivity contribution >= 4 is 29.4 Å². The van der Waals surface area contributed by atoms with Crippen molar-refractivity contribution in [3.8, 4) is 0 Å². The standard InChI is InChI=1S/C21H24N6O2S/c1-14(2)18(24-20(29)15-9-5-4-6-10-15)19-25-26-21(27(19)3)30-13-17(28)23-16-11-7-8-12-22-16/h4-12,14,18H,13H2,1-3H3,(H,24,29)(H,22,23,28)/t18-/m1/s1. The molecule has 2 N–H and O–H groups in total. The summed E-state index contributed by atoms with van der Waals surface area (Å²) in [7, 11) is 1.83. The monoisotopic (exact) mass is 424 g/mol. The van der Waals surface area contributed by atoms with Gasteiger partial charge >= 0.3 is 0 Å². The summed E-state index contributed by atoms with van der Waals surface area (Å²) in [5.74, 6) is 1.07. The first-order valence-corrected chi connectivity index (χ1v) is 10.5. The Morgan fingerprint density at radius 3 is 2.47 bits per heavy atom. The molecule has 0 fully saturated rings. The number of thioether (sulfide) groups is 1. The predicted molar refractivity (Wildman–Crippen MR) is 116 cm³/mol. The predicted octanol–water partition coefficient (Wildman–Crippen LogP) is 3.07. The number of pyridine rings is 1. The molecule has 0 saturated carbocycles. The van der Waals surface area contributed by atoms with Crippen LogP contribution in [0.15, 0.2) is 59.9 Å². The summed E-state index contributed by atoms with van der Waals surface area (Å²) in [4.78, 5) is 28.8. The van der Waals surface area contributed by atoms with Gasteiger partial charge in [0.1, 0.15) is 5.82 Å². The maximum absolute atomic E-state index is 12.6. The van der Waals surface area contributed by atoms with Gasteiger partial charge in [0, 0.05) is 18.8 Å². The van der Waals surface area contributed by atoms with Gasteiger partial charge in [-0.2, -0.15) is 0 Å². The van der Waals surface area contributed by atoms with Crippen LogP contribution in [0.1, 0.15) is 36.1 Å². The SMILES string of the molecule is CC(C)[C@@H](NC(=O)c1ccccc1)c1nnc(SCC(=O)Nc2ccccn2)n1C. The fraction of sp³-hybridized carbons (Fsp3) is 0.286. The smallest absolute Gasteiger partial charge is 0.251 e. The summed E-state index contributed by atoms with van der Waals surface area (Å²) >= 11 is 1.28. The number of nitrogens with zero attached hydrogens (tertiary/aromatic N) is 4. The lowest BCUT2D eigenvalue weighted by atomic mass is 10.0. The minimum Gasteiger partial charge on any atom is -0.342 e. The summed E-state index contributed by atoms with van der Waals surface area (Å²) < 4.78 is 1.81. The summed E-state index contributed by atoms with van der Waals surface area (Å²) in [5.41, 5.74) is 0.589. The number of carbonyl (C=O) groups is 2. The number of rotatable bonds is 8. The molecule has 0 aliphatic heterocycles. The molecule has 0 spiro atoms. The fourth-order valence-electron chi connectivity index (χ4n) is 2.81. The Labute approximate surface area is 179 Å². The second kappa shape index (κ2) is 10.0. The molecule has 0 bridgehead atoms. The van der Waals surface area contributed by atoms with Crippen molar-refractivity contribution in [3.05, 3.63) is 66.1 Å². The molecule has 2 aromatic heterocycles. The summed E-state index contributed by atoms with van der Waals surface area (Å²) in [5, 5.41) is 14.9. The number of carbonyl (C=O) groups excluding carboxylic acids is 2. The Balaban J connectivity index is 1.66. The molecule has 156 valence electrons. The first-order chi connectivity index (χ1) is 14.5. The molecule has 1 aromatic carbocycles. The van der Waals surface area contributed by atoms with E-state index in [1.165, 1.54) is 11.8 Å². The normalized spacial score (nSPS) is 11.9. The Morgan fingerprint density at radius 2 is 1.80 bits per heavy atom. The highest BCUT2D eigenvalue weighted by molar-refractivity contribution is 7.99. The van der Waals surface area contributed by atoms with Gasteiger partial charge in [0.2, 0.25) is 5.91 Å². The van der Waals surface area contributed by atoms with E-state index >= 15 is 0 Å². The van der Waals surface area contributed by atoms with Crippen LogP contribution in [-0.4, -0.2) is 37.3 Å². The van der Waals surface area contributed by atoms with Gasteiger partial charge in [-0.25, -0.2) is 4.98 Å². The molecule has 0 radical (unpaired) electrons. The minimum absolute atomic E-state index is 0.103. The Bertz CT molecular complexity index is 991. The van der Waals surface area contributed by atoms with Crippen LogP contribution in [0.25, 0.3) is 0 Å². The van der Waals surface area contributed by atoms with Crippen LogP contribution in [0.5, 0.6) is 0 Å². The first kappa shape index (κ1) is 21.5. The summed E-state index contributed by atoms with van der Waals surface area (Å²) in [6.07, 6.45) is 1.62. The highest BCUT2D eigenvalue weighted by atomic mass is 32.2. The van der Waals surface area contributed by atoms with Gasteiger partial charge in [-0.3, -0.25) is 9.59 Å². The molecule has 0 unspecified atom stereocenters. The van der Waals surface area contributed by atoms with E-state index in [1.807, 2.05) is 43.7 Å². The number of nitrogens with one attached hydrogen (secondary N) is 2. The van der Waals surface area contributed by atoms with Gasteiger partial charge in [0.05, 0.1) is 11.8 Å². The molecular formula is C21H24N6O2S. The Kier molecular flexibility index (Phi) is 7.18. The molecule has 3 rings (SSSR count). The lowest BCUT2D eigenvalue weighted by molar-refractivity contribution is -0.113. The zero-order valence-electron chi connectivity index (χ0n) is 17.1. The van der Waals surface area contributed by atoms with Crippen LogP contribution in [0.2, 0.25) is 0 Å². The average molecular weight is 425 g/mol. The lowest BCUT2D eigenvalue weighted by Gasteiger charge is -2.21. The van der Waals surface area contributed by atoms with Gasteiger partial charge in [0.15, 0.2) is 11.0 Å². The van der Waals surface area contributed by atoms with E-state index < -0.39 is 0 Å². The molecule has 1 atom stereocenters. The maximum atomic E-state index is 12.6. The van der Waals surface area contributed by atoms with Crippen molar-refractivity contribution in [2.24, 2.45) is 13.0 Å². The molecule has 8 nitrogen and oxygen atoms in total. The summed E-state index contributed by atoms with van der Waals surface area (Å²) in [6.45, 7) is 4.02. The van der Waals surface area contributed by atoms with E-state index in [-0.39, 0.29) is 29.5 Å². The number of benzene rings is 1. The van der Waals surface area contributed by atoms with Crippen LogP contribution in [-0.2, 0) is 11.8 Å². The largest absolute Gasteiger partial charge is 0.342 e. The first-order valence-electron chi connectivity index (χ1n) is 9.54. The second-order valence-electron chi connectivity index (χ2n) is 7.01. The zero-order valence-corrected chi connectivity index (χ0v) is 17.9. The van der Waals surface area contributed by atoms with E-state index in [1.54, 1.807) is 36.5 Å². The Hall–Kier alpha value is -3.20. The van der Waals surface area contributed by atoms with Gasteiger partial charge in [-0.05, 0) is 30.2 Å². The van der Waals surface area contributed by atoms with Gasteiger partial charge in [0.25, 0.3) is 5.91 Å². The van der Waals surface area contributed by atoms with Gasteiger partial charge in [-0.15, -0.1) is 10.2 Å². The van der Waals surface area contributed by atoms with Crippen LogP contribution in [0, 0.1) is 5.92 Å². The number of anilines is 1. The Morgan fingerprint density at radius 1 is 1.07 bits per heavy atom.